The summed E-state index contributed by atoms with van der Waals surface area (Å²) < 4.78 is 13.3. The number of rotatable bonds is 4. The van der Waals surface area contributed by atoms with Gasteiger partial charge in [-0.1, -0.05) is 13.0 Å². The number of nitrogens with one attached hydrogen (secondary N) is 1. The van der Waals surface area contributed by atoms with Gasteiger partial charge in [0.2, 0.25) is 0 Å². The lowest BCUT2D eigenvalue weighted by Crippen LogP contribution is -2.39. The third-order valence-electron chi connectivity index (χ3n) is 4.37. The molecule has 0 radical (unpaired) electrons. The number of benzene rings is 1. The van der Waals surface area contributed by atoms with Crippen LogP contribution in [0.5, 0.6) is 0 Å². The van der Waals surface area contributed by atoms with E-state index in [1.807, 2.05) is 13.0 Å². The summed E-state index contributed by atoms with van der Waals surface area (Å²) in [5.74, 6) is 0.520. The number of hydrogen-bond donors (Lipinski definition) is 1. The average Bonchev–Trinajstić information content (AvgIpc) is 2.43. The minimum Gasteiger partial charge on any atom is -0.382 e. The molecule has 0 spiro atoms. The first kappa shape index (κ1) is 14.3. The second-order valence-electron chi connectivity index (χ2n) is 5.66. The predicted molar refractivity (Wildman–Crippen MR) is 79.1 cm³/mol. The van der Waals surface area contributed by atoms with Crippen LogP contribution in [0.15, 0.2) is 18.2 Å². The van der Waals surface area contributed by atoms with Crippen molar-refractivity contribution in [3.05, 3.63) is 29.6 Å². The Hall–Kier alpha value is -1.09. The molecule has 2 nitrogen and oxygen atoms in total. The van der Waals surface area contributed by atoms with E-state index in [2.05, 4.69) is 24.1 Å². The minimum atomic E-state index is -0.166. The SMILES string of the molecule is CCN1CCC(C(C)Nc2cc(F)ccc2C)CC1. The molecule has 0 aliphatic carbocycles. The Morgan fingerprint density at radius 3 is 2.68 bits per heavy atom. The number of piperidine rings is 1. The van der Waals surface area contributed by atoms with Gasteiger partial charge in [-0.3, -0.25) is 0 Å². The van der Waals surface area contributed by atoms with Gasteiger partial charge in [-0.05, 0) is 69.9 Å². The molecule has 0 amide bonds. The van der Waals surface area contributed by atoms with Crippen molar-refractivity contribution in [2.24, 2.45) is 5.92 Å². The summed E-state index contributed by atoms with van der Waals surface area (Å²) in [6, 6.07) is 5.36. The second-order valence-corrected chi connectivity index (χ2v) is 5.66. The van der Waals surface area contributed by atoms with E-state index < -0.39 is 0 Å². The summed E-state index contributed by atoms with van der Waals surface area (Å²) in [5, 5.41) is 3.50. The lowest BCUT2D eigenvalue weighted by molar-refractivity contribution is 0.183. The number of likely N-dealkylation sites (tertiary alicyclic amines) is 1. The van der Waals surface area contributed by atoms with Crippen molar-refractivity contribution in [2.45, 2.75) is 39.7 Å². The van der Waals surface area contributed by atoms with Crippen LogP contribution in [0.1, 0.15) is 32.3 Å². The Morgan fingerprint density at radius 2 is 2.05 bits per heavy atom. The third kappa shape index (κ3) is 3.69. The highest BCUT2D eigenvalue weighted by Crippen LogP contribution is 2.25. The molecule has 1 fully saturated rings. The summed E-state index contributed by atoms with van der Waals surface area (Å²) >= 11 is 0. The molecule has 19 heavy (non-hydrogen) atoms. The van der Waals surface area contributed by atoms with Crippen LogP contribution in [0.4, 0.5) is 10.1 Å². The first-order valence-corrected chi connectivity index (χ1v) is 7.35. The van der Waals surface area contributed by atoms with E-state index in [4.69, 9.17) is 0 Å². The minimum absolute atomic E-state index is 0.166. The molecular weight excluding hydrogens is 239 g/mol. The van der Waals surface area contributed by atoms with Gasteiger partial charge in [0.05, 0.1) is 0 Å². The highest BCUT2D eigenvalue weighted by molar-refractivity contribution is 5.51. The standard InChI is InChI=1S/C16H25FN2/c1-4-19-9-7-14(8-10-19)13(3)18-16-11-15(17)6-5-12(16)2/h5-6,11,13-14,18H,4,7-10H2,1-3H3. The van der Waals surface area contributed by atoms with E-state index in [9.17, 15) is 4.39 Å². The molecule has 0 saturated carbocycles. The van der Waals surface area contributed by atoms with E-state index in [1.54, 1.807) is 6.07 Å². The summed E-state index contributed by atoms with van der Waals surface area (Å²) in [6.45, 7) is 9.99. The largest absolute Gasteiger partial charge is 0.382 e. The van der Waals surface area contributed by atoms with Crippen LogP contribution >= 0.6 is 0 Å². The van der Waals surface area contributed by atoms with E-state index in [1.165, 1.54) is 32.0 Å². The molecule has 1 N–H and O–H groups in total. The van der Waals surface area contributed by atoms with Crippen LogP contribution in [0, 0.1) is 18.7 Å². The zero-order valence-electron chi connectivity index (χ0n) is 12.2. The Morgan fingerprint density at radius 1 is 1.37 bits per heavy atom. The van der Waals surface area contributed by atoms with E-state index in [0.29, 0.717) is 12.0 Å². The molecule has 1 aliphatic heterocycles. The van der Waals surface area contributed by atoms with Gasteiger partial charge in [-0.15, -0.1) is 0 Å². The maximum atomic E-state index is 13.3. The lowest BCUT2D eigenvalue weighted by atomic mass is 9.90. The Balaban J connectivity index is 1.94. The van der Waals surface area contributed by atoms with Crippen molar-refractivity contribution in [3.63, 3.8) is 0 Å². The molecule has 1 saturated heterocycles. The number of halogens is 1. The summed E-state index contributed by atoms with van der Waals surface area (Å²) in [4.78, 5) is 2.50. The Kier molecular flexibility index (Phi) is 4.81. The number of nitrogens with zero attached hydrogens (tertiary/aromatic N) is 1. The second kappa shape index (κ2) is 6.38. The summed E-state index contributed by atoms with van der Waals surface area (Å²) in [7, 11) is 0. The smallest absolute Gasteiger partial charge is 0.125 e. The average molecular weight is 264 g/mol. The Bertz CT molecular complexity index is 411. The van der Waals surface area contributed by atoms with Crippen molar-refractivity contribution in [1.29, 1.82) is 0 Å². The van der Waals surface area contributed by atoms with Gasteiger partial charge >= 0.3 is 0 Å². The molecule has 1 aromatic rings. The highest BCUT2D eigenvalue weighted by Gasteiger charge is 2.23. The summed E-state index contributed by atoms with van der Waals surface area (Å²) in [6.07, 6.45) is 2.47. The fraction of sp³-hybridized carbons (Fsp3) is 0.625. The fourth-order valence-electron chi connectivity index (χ4n) is 2.88. The molecule has 1 atom stereocenters. The molecule has 0 bridgehead atoms. The van der Waals surface area contributed by atoms with Gasteiger partial charge in [-0.25, -0.2) is 4.39 Å². The van der Waals surface area contributed by atoms with Crippen LogP contribution in [0.25, 0.3) is 0 Å². The third-order valence-corrected chi connectivity index (χ3v) is 4.37. The molecular formula is C16H25FN2. The normalized spacial score (nSPS) is 19.4. The zero-order chi connectivity index (χ0) is 13.8. The van der Waals surface area contributed by atoms with Crippen LogP contribution in [0.2, 0.25) is 0 Å². The fourth-order valence-corrected chi connectivity index (χ4v) is 2.88. The number of anilines is 1. The zero-order valence-corrected chi connectivity index (χ0v) is 12.2. The van der Waals surface area contributed by atoms with E-state index >= 15 is 0 Å². The Labute approximate surface area is 116 Å². The maximum Gasteiger partial charge on any atom is 0.125 e. The van der Waals surface area contributed by atoms with Crippen molar-refractivity contribution in [3.8, 4) is 0 Å². The van der Waals surface area contributed by atoms with Gasteiger partial charge in [0, 0.05) is 11.7 Å². The van der Waals surface area contributed by atoms with Crippen molar-refractivity contribution >= 4 is 5.69 Å². The van der Waals surface area contributed by atoms with Crippen LogP contribution in [-0.2, 0) is 0 Å². The van der Waals surface area contributed by atoms with E-state index in [-0.39, 0.29) is 5.82 Å². The summed E-state index contributed by atoms with van der Waals surface area (Å²) in [5.41, 5.74) is 2.05. The van der Waals surface area contributed by atoms with Gasteiger partial charge in [0.1, 0.15) is 5.82 Å². The molecule has 2 rings (SSSR count). The topological polar surface area (TPSA) is 15.3 Å². The van der Waals surface area contributed by atoms with Crippen LogP contribution in [-0.4, -0.2) is 30.6 Å². The molecule has 1 aromatic carbocycles. The number of aryl methyl sites for hydroxylation is 1. The van der Waals surface area contributed by atoms with Crippen LogP contribution < -0.4 is 5.32 Å². The first-order chi connectivity index (χ1) is 9.10. The monoisotopic (exact) mass is 264 g/mol. The molecule has 1 unspecified atom stereocenters. The molecule has 106 valence electrons. The molecule has 1 aliphatic rings. The van der Waals surface area contributed by atoms with Crippen LogP contribution in [0.3, 0.4) is 0 Å². The van der Waals surface area contributed by atoms with Gasteiger partial charge in [0.15, 0.2) is 0 Å². The highest BCUT2D eigenvalue weighted by atomic mass is 19.1. The molecule has 3 heteroatoms. The maximum absolute atomic E-state index is 13.3. The molecule has 1 heterocycles. The number of hydrogen-bond acceptors (Lipinski definition) is 2. The van der Waals surface area contributed by atoms with Crippen molar-refractivity contribution < 1.29 is 4.39 Å². The van der Waals surface area contributed by atoms with Crippen molar-refractivity contribution in [1.82, 2.24) is 4.90 Å². The molecule has 0 aromatic heterocycles. The lowest BCUT2D eigenvalue weighted by Gasteiger charge is -2.35. The van der Waals surface area contributed by atoms with Gasteiger partial charge in [0.25, 0.3) is 0 Å². The predicted octanol–water partition coefficient (Wildman–Crippen LogP) is 3.67. The van der Waals surface area contributed by atoms with E-state index in [0.717, 1.165) is 17.8 Å². The van der Waals surface area contributed by atoms with Gasteiger partial charge in [-0.2, -0.15) is 0 Å². The quantitative estimate of drug-likeness (QED) is 0.892. The van der Waals surface area contributed by atoms with Gasteiger partial charge < -0.3 is 10.2 Å². The van der Waals surface area contributed by atoms with Crippen molar-refractivity contribution in [2.75, 3.05) is 25.0 Å². The first-order valence-electron chi connectivity index (χ1n) is 7.35.